The topological polar surface area (TPSA) is 61.8 Å². The number of benzene rings is 1. The molecule has 0 heterocycles. The Labute approximate surface area is 131 Å². The number of hydrogen-bond acceptors (Lipinski definition) is 5. The molecule has 1 rings (SSSR count). The van der Waals surface area contributed by atoms with Crippen molar-refractivity contribution in [2.24, 2.45) is 5.92 Å². The summed E-state index contributed by atoms with van der Waals surface area (Å²) < 4.78 is 15.2. The van der Waals surface area contributed by atoms with E-state index >= 15 is 0 Å². The van der Waals surface area contributed by atoms with Gasteiger partial charge in [0.05, 0.1) is 12.7 Å². The highest BCUT2D eigenvalue weighted by Gasteiger charge is 2.15. The average Bonchev–Trinajstić information content (AvgIpc) is 2.51. The molecular weight excluding hydrogens is 284 g/mol. The standard InChI is InChI=1S/C17H24O5/c1-12(2)9-10-21-13(3)16(18)22-11-14-5-7-15(8-6-14)17(19)20-4/h5-8,12-13H,9-11H2,1-4H3. The molecule has 0 aromatic heterocycles. The first-order valence-electron chi connectivity index (χ1n) is 7.39. The first kappa shape index (κ1) is 18.2. The Morgan fingerprint density at radius 3 is 2.27 bits per heavy atom. The van der Waals surface area contributed by atoms with Crippen LogP contribution in [0.5, 0.6) is 0 Å². The maximum absolute atomic E-state index is 11.8. The molecule has 0 saturated carbocycles. The summed E-state index contributed by atoms with van der Waals surface area (Å²) in [5.41, 5.74) is 1.26. The van der Waals surface area contributed by atoms with E-state index in [2.05, 4.69) is 18.6 Å². The molecule has 22 heavy (non-hydrogen) atoms. The number of ether oxygens (including phenoxy) is 3. The van der Waals surface area contributed by atoms with Crippen molar-refractivity contribution in [2.45, 2.75) is 39.9 Å². The molecule has 0 aliphatic heterocycles. The maximum atomic E-state index is 11.8. The third-order valence-electron chi connectivity index (χ3n) is 3.15. The molecule has 5 heteroatoms. The third kappa shape index (κ3) is 6.26. The number of carbonyl (C=O) groups is 2. The lowest BCUT2D eigenvalue weighted by Crippen LogP contribution is -2.24. The van der Waals surface area contributed by atoms with Crippen molar-refractivity contribution < 1.29 is 23.8 Å². The molecule has 0 bridgehead atoms. The van der Waals surface area contributed by atoms with Crippen LogP contribution in [0.4, 0.5) is 0 Å². The van der Waals surface area contributed by atoms with Gasteiger partial charge in [0.25, 0.3) is 0 Å². The van der Waals surface area contributed by atoms with Crippen LogP contribution >= 0.6 is 0 Å². The van der Waals surface area contributed by atoms with Crippen LogP contribution in [-0.2, 0) is 25.6 Å². The highest BCUT2D eigenvalue weighted by atomic mass is 16.6. The maximum Gasteiger partial charge on any atom is 0.337 e. The van der Waals surface area contributed by atoms with Crippen LogP contribution in [0.15, 0.2) is 24.3 Å². The number of methoxy groups -OCH3 is 1. The van der Waals surface area contributed by atoms with Gasteiger partial charge in [-0.3, -0.25) is 0 Å². The van der Waals surface area contributed by atoms with Crippen LogP contribution in [0.25, 0.3) is 0 Å². The van der Waals surface area contributed by atoms with E-state index in [-0.39, 0.29) is 12.6 Å². The quantitative estimate of drug-likeness (QED) is 0.691. The molecular formula is C17H24O5. The zero-order valence-electron chi connectivity index (χ0n) is 13.6. The fraction of sp³-hybridized carbons (Fsp3) is 0.529. The molecule has 5 nitrogen and oxygen atoms in total. The molecule has 0 aliphatic rings. The number of carbonyl (C=O) groups excluding carboxylic acids is 2. The van der Waals surface area contributed by atoms with Crippen molar-refractivity contribution in [3.05, 3.63) is 35.4 Å². The van der Waals surface area contributed by atoms with E-state index in [1.165, 1.54) is 7.11 Å². The smallest absolute Gasteiger partial charge is 0.337 e. The van der Waals surface area contributed by atoms with E-state index in [0.29, 0.717) is 18.1 Å². The van der Waals surface area contributed by atoms with E-state index in [1.807, 2.05) is 0 Å². The summed E-state index contributed by atoms with van der Waals surface area (Å²) in [6.45, 7) is 6.58. The molecule has 0 spiro atoms. The van der Waals surface area contributed by atoms with Gasteiger partial charge in [-0.25, -0.2) is 9.59 Å². The van der Waals surface area contributed by atoms with Gasteiger partial charge in [0, 0.05) is 6.61 Å². The Hall–Kier alpha value is -1.88. The van der Waals surface area contributed by atoms with Gasteiger partial charge < -0.3 is 14.2 Å². The van der Waals surface area contributed by atoms with E-state index < -0.39 is 12.1 Å². The molecule has 0 amide bonds. The van der Waals surface area contributed by atoms with E-state index in [0.717, 1.165) is 12.0 Å². The molecule has 0 fully saturated rings. The summed E-state index contributed by atoms with van der Waals surface area (Å²) in [5.74, 6) is -0.243. The predicted molar refractivity (Wildman–Crippen MR) is 82.4 cm³/mol. The SMILES string of the molecule is COC(=O)c1ccc(COC(=O)C(C)OCCC(C)C)cc1. The van der Waals surface area contributed by atoms with Crippen molar-refractivity contribution in [1.29, 1.82) is 0 Å². The van der Waals surface area contributed by atoms with Crippen molar-refractivity contribution in [2.75, 3.05) is 13.7 Å². The number of hydrogen-bond donors (Lipinski definition) is 0. The lowest BCUT2D eigenvalue weighted by atomic mass is 10.1. The molecule has 1 aromatic carbocycles. The first-order valence-corrected chi connectivity index (χ1v) is 7.39. The Bertz CT molecular complexity index is 478. The van der Waals surface area contributed by atoms with Crippen LogP contribution in [0, 0.1) is 5.92 Å². The second-order valence-corrected chi connectivity index (χ2v) is 5.49. The molecule has 0 aliphatic carbocycles. The summed E-state index contributed by atoms with van der Waals surface area (Å²) in [7, 11) is 1.33. The van der Waals surface area contributed by atoms with Crippen molar-refractivity contribution in [1.82, 2.24) is 0 Å². The van der Waals surface area contributed by atoms with Gasteiger partial charge in [-0.05, 0) is 37.0 Å². The highest BCUT2D eigenvalue weighted by molar-refractivity contribution is 5.89. The van der Waals surface area contributed by atoms with Crippen LogP contribution in [-0.4, -0.2) is 31.8 Å². The summed E-state index contributed by atoms with van der Waals surface area (Å²) in [6.07, 6.45) is 0.333. The monoisotopic (exact) mass is 308 g/mol. The van der Waals surface area contributed by atoms with Gasteiger partial charge in [-0.2, -0.15) is 0 Å². The Morgan fingerprint density at radius 2 is 1.73 bits per heavy atom. The Balaban J connectivity index is 2.38. The lowest BCUT2D eigenvalue weighted by Gasteiger charge is -2.13. The second kappa shape index (κ2) is 9.20. The van der Waals surface area contributed by atoms with Crippen LogP contribution < -0.4 is 0 Å². The molecule has 1 unspecified atom stereocenters. The molecule has 0 saturated heterocycles. The fourth-order valence-electron chi connectivity index (χ4n) is 1.68. The zero-order chi connectivity index (χ0) is 16.5. The summed E-state index contributed by atoms with van der Waals surface area (Å²) in [4.78, 5) is 23.1. The van der Waals surface area contributed by atoms with Crippen LogP contribution in [0.2, 0.25) is 0 Å². The summed E-state index contributed by atoms with van der Waals surface area (Å²) in [6, 6.07) is 6.72. The second-order valence-electron chi connectivity index (χ2n) is 5.49. The molecule has 0 N–H and O–H groups in total. The average molecular weight is 308 g/mol. The minimum absolute atomic E-state index is 0.151. The minimum Gasteiger partial charge on any atom is -0.465 e. The largest absolute Gasteiger partial charge is 0.465 e. The Kier molecular flexibility index (Phi) is 7.60. The number of rotatable bonds is 8. The summed E-state index contributed by atoms with van der Waals surface area (Å²) in [5, 5.41) is 0. The Morgan fingerprint density at radius 1 is 1.09 bits per heavy atom. The van der Waals surface area contributed by atoms with Gasteiger partial charge in [0.1, 0.15) is 6.61 Å². The molecule has 122 valence electrons. The van der Waals surface area contributed by atoms with E-state index in [9.17, 15) is 9.59 Å². The van der Waals surface area contributed by atoms with Crippen molar-refractivity contribution in [3.8, 4) is 0 Å². The summed E-state index contributed by atoms with van der Waals surface area (Å²) >= 11 is 0. The van der Waals surface area contributed by atoms with Gasteiger partial charge in [0.15, 0.2) is 6.10 Å². The van der Waals surface area contributed by atoms with E-state index in [1.54, 1.807) is 31.2 Å². The predicted octanol–water partition coefficient (Wildman–Crippen LogP) is 2.97. The fourth-order valence-corrected chi connectivity index (χ4v) is 1.68. The highest BCUT2D eigenvalue weighted by Crippen LogP contribution is 2.08. The van der Waals surface area contributed by atoms with Crippen molar-refractivity contribution >= 4 is 11.9 Å². The van der Waals surface area contributed by atoms with Gasteiger partial charge in [-0.15, -0.1) is 0 Å². The minimum atomic E-state index is -0.576. The van der Waals surface area contributed by atoms with Crippen molar-refractivity contribution in [3.63, 3.8) is 0 Å². The van der Waals surface area contributed by atoms with E-state index in [4.69, 9.17) is 9.47 Å². The zero-order valence-corrected chi connectivity index (χ0v) is 13.6. The molecule has 0 radical (unpaired) electrons. The normalized spacial score (nSPS) is 12.0. The third-order valence-corrected chi connectivity index (χ3v) is 3.15. The molecule has 1 aromatic rings. The number of esters is 2. The van der Waals surface area contributed by atoms with Gasteiger partial charge in [0.2, 0.25) is 0 Å². The van der Waals surface area contributed by atoms with Gasteiger partial charge in [-0.1, -0.05) is 26.0 Å². The molecule has 1 atom stereocenters. The van der Waals surface area contributed by atoms with Gasteiger partial charge >= 0.3 is 11.9 Å². The van der Waals surface area contributed by atoms with Crippen LogP contribution in [0.3, 0.4) is 0 Å². The lowest BCUT2D eigenvalue weighted by molar-refractivity contribution is -0.157. The first-order chi connectivity index (χ1) is 10.4. The van der Waals surface area contributed by atoms with Crippen LogP contribution in [0.1, 0.15) is 43.1 Å².